The maximum absolute atomic E-state index is 4.44. The third-order valence-electron chi connectivity index (χ3n) is 6.54. The summed E-state index contributed by atoms with van der Waals surface area (Å²) in [5.41, 5.74) is 15.9. The van der Waals surface area contributed by atoms with Gasteiger partial charge in [0, 0.05) is 0 Å². The first-order chi connectivity index (χ1) is 16.2. The predicted molar refractivity (Wildman–Crippen MR) is 166 cm³/mol. The average molecular weight is 495 g/mol. The molecule has 0 aromatic carbocycles. The number of hydrogen-bond donors (Lipinski definition) is 0. The lowest BCUT2D eigenvalue weighted by molar-refractivity contribution is 0.886. The summed E-state index contributed by atoms with van der Waals surface area (Å²) >= 11 is 2.06. The summed E-state index contributed by atoms with van der Waals surface area (Å²) in [5.74, 6) is 2.37. The fraction of sp³-hybridized carbons (Fsp3) is 0.529. The van der Waals surface area contributed by atoms with Crippen molar-refractivity contribution in [2.75, 3.05) is 11.5 Å². The molecule has 0 saturated carbocycles. The number of hydrogen-bond acceptors (Lipinski definition) is 1. The van der Waals surface area contributed by atoms with Crippen LogP contribution in [0.15, 0.2) is 93.2 Å². The van der Waals surface area contributed by atoms with Gasteiger partial charge in [0.25, 0.3) is 0 Å². The minimum absolute atomic E-state index is 0.959. The summed E-state index contributed by atoms with van der Waals surface area (Å²) in [5, 5.41) is 0. The summed E-state index contributed by atoms with van der Waals surface area (Å²) < 4.78 is 0. The molecule has 0 amide bonds. The summed E-state index contributed by atoms with van der Waals surface area (Å²) in [6.07, 6.45) is 6.42. The number of thioether (sulfide) groups is 1. The largest absolute Gasteiger partial charge is 0.162 e. The molecule has 35 heavy (non-hydrogen) atoms. The Kier molecular flexibility index (Phi) is 16.0. The van der Waals surface area contributed by atoms with Gasteiger partial charge in [-0.15, -0.1) is 0 Å². The summed E-state index contributed by atoms with van der Waals surface area (Å²) in [7, 11) is 0. The second-order valence-corrected chi connectivity index (χ2v) is 12.1. The number of allylic oxidation sites excluding steroid dienone is 12. The van der Waals surface area contributed by atoms with Gasteiger partial charge >= 0.3 is 0 Å². The van der Waals surface area contributed by atoms with E-state index in [0.717, 1.165) is 25.7 Å². The van der Waals surface area contributed by atoms with Crippen LogP contribution in [0.1, 0.15) is 108 Å². The Bertz CT molecular complexity index is 832. The Morgan fingerprint density at radius 1 is 0.457 bits per heavy atom. The average Bonchev–Trinajstić information content (AvgIpc) is 2.71. The topological polar surface area (TPSA) is 0 Å². The highest BCUT2D eigenvalue weighted by atomic mass is 32.2. The second-order valence-electron chi connectivity index (χ2n) is 10.9. The van der Waals surface area contributed by atoms with Gasteiger partial charge in [-0.05, 0) is 142 Å². The molecule has 0 spiro atoms. The van der Waals surface area contributed by atoms with Gasteiger partial charge in [-0.2, -0.15) is 11.8 Å². The van der Waals surface area contributed by atoms with E-state index in [4.69, 9.17) is 0 Å². The van der Waals surface area contributed by atoms with Crippen LogP contribution in [-0.2, 0) is 0 Å². The van der Waals surface area contributed by atoms with Crippen LogP contribution < -0.4 is 0 Å². The van der Waals surface area contributed by atoms with E-state index in [1.54, 1.807) is 0 Å². The molecule has 0 aromatic rings. The van der Waals surface area contributed by atoms with Crippen LogP contribution in [0.25, 0.3) is 0 Å². The van der Waals surface area contributed by atoms with Crippen molar-refractivity contribution in [2.45, 2.75) is 108 Å². The zero-order chi connectivity index (χ0) is 27.3. The molecule has 0 rings (SSSR count). The Labute approximate surface area is 223 Å². The van der Waals surface area contributed by atoms with Gasteiger partial charge in [-0.3, -0.25) is 0 Å². The van der Waals surface area contributed by atoms with Crippen molar-refractivity contribution >= 4 is 11.8 Å². The molecule has 196 valence electrons. The lowest BCUT2D eigenvalue weighted by Crippen LogP contribution is -1.99. The maximum atomic E-state index is 4.44. The quantitative estimate of drug-likeness (QED) is 0.152. The van der Waals surface area contributed by atoms with Crippen molar-refractivity contribution in [1.82, 2.24) is 0 Å². The number of rotatable bonds is 16. The van der Waals surface area contributed by atoms with Crippen molar-refractivity contribution in [3.8, 4) is 0 Å². The normalized spacial score (nSPS) is 10.3. The molecule has 0 bridgehead atoms. The molecule has 0 atom stereocenters. The highest BCUT2D eigenvalue weighted by Gasteiger charge is 2.12. The lowest BCUT2D eigenvalue weighted by Gasteiger charge is -2.18. The first kappa shape index (κ1) is 33.3. The van der Waals surface area contributed by atoms with E-state index in [1.807, 2.05) is 0 Å². The molecule has 0 nitrogen and oxygen atoms in total. The predicted octanol–water partition coefficient (Wildman–Crippen LogP) is 11.7. The second kappa shape index (κ2) is 16.9. The van der Waals surface area contributed by atoms with Crippen LogP contribution in [-0.4, -0.2) is 11.5 Å². The summed E-state index contributed by atoms with van der Waals surface area (Å²) in [4.78, 5) is 0. The highest BCUT2D eigenvalue weighted by molar-refractivity contribution is 7.99. The maximum Gasteiger partial charge on any atom is -0.00222 e. The summed E-state index contributed by atoms with van der Waals surface area (Å²) in [6.45, 7) is 39.0. The Morgan fingerprint density at radius 3 is 0.971 bits per heavy atom. The fourth-order valence-electron chi connectivity index (χ4n) is 4.35. The van der Waals surface area contributed by atoms with Gasteiger partial charge < -0.3 is 0 Å². The van der Waals surface area contributed by atoms with E-state index < -0.39 is 0 Å². The van der Waals surface area contributed by atoms with Gasteiger partial charge in [-0.25, -0.2) is 0 Å². The smallest absolute Gasteiger partial charge is 0.00222 e. The molecule has 0 radical (unpaired) electrons. The molecule has 0 aromatic heterocycles. The lowest BCUT2D eigenvalue weighted by atomic mass is 9.89. The van der Waals surface area contributed by atoms with Crippen LogP contribution in [0.5, 0.6) is 0 Å². The minimum atomic E-state index is 0.959. The SMILES string of the molecule is C=C(C)C(CC(C(=C)CCCSCCCC(=C)C(CC(C(=C)C)=C(C)C)=C(C)C)=C(C)C)=C(C)C. The monoisotopic (exact) mass is 494 g/mol. The minimum Gasteiger partial charge on any atom is -0.162 e. The molecule has 0 aliphatic rings. The van der Waals surface area contributed by atoms with E-state index in [1.165, 1.54) is 91.2 Å². The molecule has 1 heteroatoms. The van der Waals surface area contributed by atoms with E-state index in [9.17, 15) is 0 Å². The zero-order valence-electron chi connectivity index (χ0n) is 24.9. The van der Waals surface area contributed by atoms with Gasteiger partial charge in [0.2, 0.25) is 0 Å². The Balaban J connectivity index is 4.66. The van der Waals surface area contributed by atoms with Crippen LogP contribution in [0.2, 0.25) is 0 Å². The Hall–Kier alpha value is -1.73. The first-order valence-electron chi connectivity index (χ1n) is 13.1. The van der Waals surface area contributed by atoms with E-state index in [0.29, 0.717) is 0 Å². The van der Waals surface area contributed by atoms with Gasteiger partial charge in [0.15, 0.2) is 0 Å². The molecular weight excluding hydrogens is 440 g/mol. The zero-order valence-corrected chi connectivity index (χ0v) is 25.7. The third kappa shape index (κ3) is 12.7. The molecular formula is C34H54S. The standard InChI is InChI=1S/C34H54S/c1-23(2)31(24(3)4)21-33(27(9)10)29(13)17-15-19-35-20-16-18-30(14)34(28(11)12)22-32(25(5)6)26(7)8/h1,5,13-22H2,2-4,6-12H3. The van der Waals surface area contributed by atoms with Crippen LogP contribution >= 0.6 is 11.8 Å². The first-order valence-corrected chi connectivity index (χ1v) is 14.3. The molecule has 0 unspecified atom stereocenters. The molecule has 0 aliphatic carbocycles. The van der Waals surface area contributed by atoms with Crippen molar-refractivity contribution < 1.29 is 0 Å². The van der Waals surface area contributed by atoms with Gasteiger partial charge in [-0.1, -0.05) is 70.9 Å². The van der Waals surface area contributed by atoms with E-state index in [-0.39, 0.29) is 0 Å². The van der Waals surface area contributed by atoms with Crippen molar-refractivity contribution in [1.29, 1.82) is 0 Å². The third-order valence-corrected chi connectivity index (χ3v) is 7.69. The summed E-state index contributed by atoms with van der Waals surface area (Å²) in [6, 6.07) is 0. The van der Waals surface area contributed by atoms with Gasteiger partial charge in [0.1, 0.15) is 0 Å². The van der Waals surface area contributed by atoms with Crippen LogP contribution in [0, 0.1) is 0 Å². The molecule has 0 N–H and O–H groups in total. The fourth-order valence-corrected chi connectivity index (χ4v) is 5.25. The van der Waals surface area contributed by atoms with E-state index >= 15 is 0 Å². The molecule has 0 aliphatic heterocycles. The van der Waals surface area contributed by atoms with Crippen LogP contribution in [0.3, 0.4) is 0 Å². The Morgan fingerprint density at radius 2 is 0.743 bits per heavy atom. The highest BCUT2D eigenvalue weighted by Crippen LogP contribution is 2.31. The molecule has 0 fully saturated rings. The van der Waals surface area contributed by atoms with Gasteiger partial charge in [0.05, 0.1) is 0 Å². The molecule has 0 saturated heterocycles. The van der Waals surface area contributed by atoms with Crippen molar-refractivity contribution in [3.05, 3.63) is 93.2 Å². The molecule has 0 heterocycles. The van der Waals surface area contributed by atoms with Crippen molar-refractivity contribution in [3.63, 3.8) is 0 Å². The van der Waals surface area contributed by atoms with Crippen molar-refractivity contribution in [2.24, 2.45) is 0 Å². The van der Waals surface area contributed by atoms with Crippen LogP contribution in [0.4, 0.5) is 0 Å². The van der Waals surface area contributed by atoms with E-state index in [2.05, 4.69) is 107 Å².